The SMILES string of the molecule is CCCCCNC(=O)c1ccnc(Nc2ccccc2C(C)C)n1. The van der Waals surface area contributed by atoms with Gasteiger partial charge in [0.05, 0.1) is 0 Å². The smallest absolute Gasteiger partial charge is 0.270 e. The number of nitrogens with zero attached hydrogens (tertiary/aromatic N) is 2. The summed E-state index contributed by atoms with van der Waals surface area (Å²) in [4.78, 5) is 20.7. The van der Waals surface area contributed by atoms with Crippen LogP contribution in [0.15, 0.2) is 36.5 Å². The van der Waals surface area contributed by atoms with E-state index in [9.17, 15) is 4.79 Å². The third-order valence-electron chi connectivity index (χ3n) is 3.78. The first-order valence-electron chi connectivity index (χ1n) is 8.59. The number of rotatable bonds is 8. The molecule has 0 bridgehead atoms. The number of aromatic nitrogens is 2. The molecule has 1 aromatic heterocycles. The Labute approximate surface area is 143 Å². The monoisotopic (exact) mass is 326 g/mol. The lowest BCUT2D eigenvalue weighted by molar-refractivity contribution is 0.0948. The van der Waals surface area contributed by atoms with Crippen LogP contribution in [0.1, 0.15) is 62.0 Å². The van der Waals surface area contributed by atoms with Crippen molar-refractivity contribution < 1.29 is 4.79 Å². The summed E-state index contributed by atoms with van der Waals surface area (Å²) in [6.07, 6.45) is 4.84. The lowest BCUT2D eigenvalue weighted by Crippen LogP contribution is -2.25. The third-order valence-corrected chi connectivity index (χ3v) is 3.78. The summed E-state index contributed by atoms with van der Waals surface area (Å²) in [5, 5.41) is 6.12. The zero-order valence-corrected chi connectivity index (χ0v) is 14.7. The van der Waals surface area contributed by atoms with Gasteiger partial charge in [-0.25, -0.2) is 9.97 Å². The molecule has 0 spiro atoms. The first kappa shape index (κ1) is 17.9. The van der Waals surface area contributed by atoms with Gasteiger partial charge in [0.15, 0.2) is 0 Å². The highest BCUT2D eigenvalue weighted by Crippen LogP contribution is 2.25. The van der Waals surface area contributed by atoms with Gasteiger partial charge in [-0.05, 0) is 30.0 Å². The van der Waals surface area contributed by atoms with Gasteiger partial charge in [0.2, 0.25) is 5.95 Å². The molecule has 0 aliphatic rings. The van der Waals surface area contributed by atoms with E-state index in [1.807, 2.05) is 18.2 Å². The predicted molar refractivity (Wildman–Crippen MR) is 97.7 cm³/mol. The average molecular weight is 326 g/mol. The third kappa shape index (κ3) is 5.05. The number of unbranched alkanes of at least 4 members (excludes halogenated alkanes) is 2. The number of para-hydroxylation sites is 1. The maximum absolute atomic E-state index is 12.2. The maximum Gasteiger partial charge on any atom is 0.270 e. The van der Waals surface area contributed by atoms with E-state index in [0.29, 0.717) is 24.1 Å². The van der Waals surface area contributed by atoms with Crippen LogP contribution in [0, 0.1) is 0 Å². The van der Waals surface area contributed by atoms with Crippen LogP contribution in [-0.2, 0) is 0 Å². The number of hydrogen-bond donors (Lipinski definition) is 2. The first-order valence-corrected chi connectivity index (χ1v) is 8.59. The molecule has 0 saturated carbocycles. The molecule has 5 nitrogen and oxygen atoms in total. The van der Waals surface area contributed by atoms with Crippen molar-refractivity contribution >= 4 is 17.5 Å². The van der Waals surface area contributed by atoms with Gasteiger partial charge in [0.25, 0.3) is 5.91 Å². The normalized spacial score (nSPS) is 10.7. The molecule has 1 heterocycles. The Bertz CT molecular complexity index is 670. The minimum atomic E-state index is -0.159. The second-order valence-corrected chi connectivity index (χ2v) is 6.10. The van der Waals surface area contributed by atoms with Crippen molar-refractivity contribution in [3.05, 3.63) is 47.8 Å². The number of carbonyl (C=O) groups excluding carboxylic acids is 1. The van der Waals surface area contributed by atoms with Gasteiger partial charge in [-0.3, -0.25) is 4.79 Å². The van der Waals surface area contributed by atoms with E-state index in [1.54, 1.807) is 12.3 Å². The molecule has 0 aliphatic heterocycles. The van der Waals surface area contributed by atoms with Crippen LogP contribution >= 0.6 is 0 Å². The Morgan fingerprint density at radius 1 is 1.17 bits per heavy atom. The fourth-order valence-corrected chi connectivity index (χ4v) is 2.45. The van der Waals surface area contributed by atoms with Crippen molar-refractivity contribution in [2.75, 3.05) is 11.9 Å². The van der Waals surface area contributed by atoms with E-state index >= 15 is 0 Å². The minimum Gasteiger partial charge on any atom is -0.351 e. The largest absolute Gasteiger partial charge is 0.351 e. The predicted octanol–water partition coefficient (Wildman–Crippen LogP) is 4.26. The van der Waals surface area contributed by atoms with E-state index in [1.165, 1.54) is 5.56 Å². The molecule has 5 heteroatoms. The highest BCUT2D eigenvalue weighted by molar-refractivity contribution is 5.92. The van der Waals surface area contributed by atoms with Gasteiger partial charge in [-0.15, -0.1) is 0 Å². The first-order chi connectivity index (χ1) is 11.6. The Balaban J connectivity index is 2.07. The molecule has 128 valence electrons. The van der Waals surface area contributed by atoms with Crippen molar-refractivity contribution in [3.63, 3.8) is 0 Å². The quantitative estimate of drug-likeness (QED) is 0.711. The van der Waals surface area contributed by atoms with Crippen molar-refractivity contribution in [2.24, 2.45) is 0 Å². The summed E-state index contributed by atoms with van der Waals surface area (Å²) in [5.41, 5.74) is 2.54. The summed E-state index contributed by atoms with van der Waals surface area (Å²) in [6, 6.07) is 9.70. The molecule has 0 fully saturated rings. The summed E-state index contributed by atoms with van der Waals surface area (Å²) in [7, 11) is 0. The van der Waals surface area contributed by atoms with Crippen LogP contribution in [0.4, 0.5) is 11.6 Å². The molecule has 1 amide bonds. The molecule has 0 unspecified atom stereocenters. The molecule has 2 aromatic rings. The number of carbonyl (C=O) groups is 1. The lowest BCUT2D eigenvalue weighted by atomic mass is 10.0. The summed E-state index contributed by atoms with van der Waals surface area (Å²) >= 11 is 0. The number of hydrogen-bond acceptors (Lipinski definition) is 4. The zero-order valence-electron chi connectivity index (χ0n) is 14.7. The fraction of sp³-hybridized carbons (Fsp3) is 0.421. The molecule has 0 atom stereocenters. The summed E-state index contributed by atoms with van der Waals surface area (Å²) in [5.74, 6) is 0.664. The molecular weight excluding hydrogens is 300 g/mol. The van der Waals surface area contributed by atoms with Crippen molar-refractivity contribution in [2.45, 2.75) is 46.0 Å². The lowest BCUT2D eigenvalue weighted by Gasteiger charge is -2.13. The zero-order chi connectivity index (χ0) is 17.4. The van der Waals surface area contributed by atoms with Crippen LogP contribution in [0.2, 0.25) is 0 Å². The van der Waals surface area contributed by atoms with E-state index < -0.39 is 0 Å². The van der Waals surface area contributed by atoms with Crippen LogP contribution in [0.3, 0.4) is 0 Å². The second kappa shape index (κ2) is 9.01. The highest BCUT2D eigenvalue weighted by Gasteiger charge is 2.10. The summed E-state index contributed by atoms with van der Waals surface area (Å²) in [6.45, 7) is 7.10. The van der Waals surface area contributed by atoms with Crippen LogP contribution in [-0.4, -0.2) is 22.4 Å². The van der Waals surface area contributed by atoms with E-state index in [0.717, 1.165) is 24.9 Å². The molecular formula is C19H26N4O. The standard InChI is InChI=1S/C19H26N4O/c1-4-5-8-12-20-18(24)17-11-13-21-19(23-17)22-16-10-7-6-9-15(16)14(2)3/h6-7,9-11,13-14H,4-5,8,12H2,1-3H3,(H,20,24)(H,21,22,23). The number of anilines is 2. The van der Waals surface area contributed by atoms with Gasteiger partial charge in [-0.1, -0.05) is 51.8 Å². The Morgan fingerprint density at radius 3 is 2.71 bits per heavy atom. The Morgan fingerprint density at radius 2 is 1.96 bits per heavy atom. The Kier molecular flexibility index (Phi) is 6.73. The highest BCUT2D eigenvalue weighted by atomic mass is 16.1. The average Bonchev–Trinajstić information content (AvgIpc) is 2.59. The molecule has 24 heavy (non-hydrogen) atoms. The fourth-order valence-electron chi connectivity index (χ4n) is 2.45. The van der Waals surface area contributed by atoms with E-state index in [-0.39, 0.29) is 5.91 Å². The molecule has 1 aromatic carbocycles. The van der Waals surface area contributed by atoms with Crippen LogP contribution in [0.5, 0.6) is 0 Å². The topological polar surface area (TPSA) is 66.9 Å². The van der Waals surface area contributed by atoms with Crippen LogP contribution < -0.4 is 10.6 Å². The maximum atomic E-state index is 12.2. The number of benzene rings is 1. The molecule has 2 N–H and O–H groups in total. The minimum absolute atomic E-state index is 0.159. The van der Waals surface area contributed by atoms with Gasteiger partial charge < -0.3 is 10.6 Å². The van der Waals surface area contributed by atoms with Crippen molar-refractivity contribution in [1.82, 2.24) is 15.3 Å². The van der Waals surface area contributed by atoms with E-state index in [2.05, 4.69) is 47.4 Å². The number of amides is 1. The van der Waals surface area contributed by atoms with Crippen molar-refractivity contribution in [1.29, 1.82) is 0 Å². The number of nitrogens with one attached hydrogen (secondary N) is 2. The van der Waals surface area contributed by atoms with Gasteiger partial charge in [-0.2, -0.15) is 0 Å². The van der Waals surface area contributed by atoms with E-state index in [4.69, 9.17) is 0 Å². The Hall–Kier alpha value is -2.43. The summed E-state index contributed by atoms with van der Waals surface area (Å²) < 4.78 is 0. The van der Waals surface area contributed by atoms with Gasteiger partial charge in [0, 0.05) is 18.4 Å². The van der Waals surface area contributed by atoms with Crippen LogP contribution in [0.25, 0.3) is 0 Å². The van der Waals surface area contributed by atoms with Crippen molar-refractivity contribution in [3.8, 4) is 0 Å². The molecule has 0 aliphatic carbocycles. The second-order valence-electron chi connectivity index (χ2n) is 6.10. The molecule has 0 saturated heterocycles. The van der Waals surface area contributed by atoms with Gasteiger partial charge in [0.1, 0.15) is 5.69 Å². The molecule has 0 radical (unpaired) electrons. The van der Waals surface area contributed by atoms with Gasteiger partial charge >= 0.3 is 0 Å². The molecule has 2 rings (SSSR count).